The number of unbranched alkanes of at least 4 members (excludes halogenated alkanes) is 1. The molecule has 0 spiro atoms. The van der Waals surface area contributed by atoms with Crippen molar-refractivity contribution in [2.75, 3.05) is 0 Å². The highest BCUT2D eigenvalue weighted by molar-refractivity contribution is 5.12. The Hall–Kier alpha value is -0.770. The normalized spacial score (nSPS) is 11.1. The van der Waals surface area contributed by atoms with Gasteiger partial charge in [-0.2, -0.15) is 5.26 Å². The highest BCUT2D eigenvalue weighted by atomic mass is 14.2. The summed E-state index contributed by atoms with van der Waals surface area (Å²) < 4.78 is 0. The summed E-state index contributed by atoms with van der Waals surface area (Å²) in [7, 11) is 0. The zero-order valence-electron chi connectivity index (χ0n) is 6.85. The predicted octanol–water partition coefficient (Wildman–Crippen LogP) is 3.04. The molecule has 56 valence electrons. The number of allylic oxidation sites excluding steroid dienone is 2. The number of nitriles is 1. The summed E-state index contributed by atoms with van der Waals surface area (Å²) >= 11 is 0. The van der Waals surface area contributed by atoms with Crippen LogP contribution in [0.1, 0.15) is 39.5 Å². The topological polar surface area (TPSA) is 23.8 Å². The smallest absolute Gasteiger partial charge is 0.0911 e. The fourth-order valence-electron chi connectivity index (χ4n) is 0.846. The number of nitrogens with zero attached hydrogens (tertiary/aromatic N) is 1. The summed E-state index contributed by atoms with van der Waals surface area (Å²) in [5, 5.41) is 8.34. The van der Waals surface area contributed by atoms with Crippen LogP contribution in [0.3, 0.4) is 0 Å². The van der Waals surface area contributed by atoms with Gasteiger partial charge in [0.25, 0.3) is 0 Å². The Balaban J connectivity index is 3.63. The fraction of sp³-hybridized carbons (Fsp3) is 0.667. The van der Waals surface area contributed by atoms with E-state index in [0.29, 0.717) is 0 Å². The van der Waals surface area contributed by atoms with Crippen molar-refractivity contribution in [3.63, 3.8) is 0 Å². The third-order valence-corrected chi connectivity index (χ3v) is 1.57. The van der Waals surface area contributed by atoms with E-state index in [1.54, 1.807) is 6.08 Å². The summed E-state index contributed by atoms with van der Waals surface area (Å²) in [6, 6.07) is 2.07. The van der Waals surface area contributed by atoms with Gasteiger partial charge in [0.05, 0.1) is 6.07 Å². The highest BCUT2D eigenvalue weighted by Crippen LogP contribution is 2.09. The molecular formula is C9H15N. The van der Waals surface area contributed by atoms with Crippen molar-refractivity contribution >= 4 is 0 Å². The van der Waals surface area contributed by atoms with Gasteiger partial charge in [-0.3, -0.25) is 0 Å². The number of rotatable bonds is 4. The molecule has 0 rings (SSSR count). The number of hydrogen-bond donors (Lipinski definition) is 0. The molecule has 0 aromatic heterocycles. The van der Waals surface area contributed by atoms with Crippen LogP contribution in [0.25, 0.3) is 0 Å². The molecular weight excluding hydrogens is 122 g/mol. The van der Waals surface area contributed by atoms with Gasteiger partial charge < -0.3 is 0 Å². The van der Waals surface area contributed by atoms with Gasteiger partial charge in [0.1, 0.15) is 0 Å². The molecule has 0 amide bonds. The van der Waals surface area contributed by atoms with Crippen molar-refractivity contribution in [3.05, 3.63) is 11.6 Å². The average molecular weight is 137 g/mol. The van der Waals surface area contributed by atoms with Crippen molar-refractivity contribution in [2.24, 2.45) is 0 Å². The Bertz CT molecular complexity index is 139. The SMILES string of the molecule is CCCCC(=CC#N)CC. The van der Waals surface area contributed by atoms with Gasteiger partial charge in [0.15, 0.2) is 0 Å². The monoisotopic (exact) mass is 137 g/mol. The van der Waals surface area contributed by atoms with E-state index in [1.165, 1.54) is 18.4 Å². The molecule has 0 aliphatic rings. The van der Waals surface area contributed by atoms with Crippen LogP contribution in [0.5, 0.6) is 0 Å². The quantitative estimate of drug-likeness (QED) is 0.546. The maximum atomic E-state index is 8.34. The molecule has 0 saturated carbocycles. The van der Waals surface area contributed by atoms with E-state index >= 15 is 0 Å². The van der Waals surface area contributed by atoms with Gasteiger partial charge in [-0.25, -0.2) is 0 Å². The Morgan fingerprint density at radius 2 is 2.20 bits per heavy atom. The molecule has 0 atom stereocenters. The molecule has 0 N–H and O–H groups in total. The molecule has 0 saturated heterocycles. The van der Waals surface area contributed by atoms with Crippen molar-refractivity contribution in [2.45, 2.75) is 39.5 Å². The first-order chi connectivity index (χ1) is 4.85. The standard InChI is InChI=1S/C9H15N/c1-3-5-6-9(4-2)7-8-10/h7H,3-6H2,1-2H3. The third-order valence-electron chi connectivity index (χ3n) is 1.57. The highest BCUT2D eigenvalue weighted by Gasteiger charge is 1.91. The van der Waals surface area contributed by atoms with E-state index < -0.39 is 0 Å². The Morgan fingerprint density at radius 3 is 2.60 bits per heavy atom. The van der Waals surface area contributed by atoms with Crippen molar-refractivity contribution in [1.29, 1.82) is 5.26 Å². The van der Waals surface area contributed by atoms with Gasteiger partial charge in [-0.05, 0) is 19.3 Å². The first-order valence-electron chi connectivity index (χ1n) is 3.92. The molecule has 0 heterocycles. The van der Waals surface area contributed by atoms with Gasteiger partial charge in [0.2, 0.25) is 0 Å². The minimum Gasteiger partial charge on any atom is -0.193 e. The van der Waals surface area contributed by atoms with E-state index in [2.05, 4.69) is 19.9 Å². The van der Waals surface area contributed by atoms with Crippen LogP contribution in [0.2, 0.25) is 0 Å². The minimum atomic E-state index is 1.02. The summed E-state index contributed by atoms with van der Waals surface area (Å²) in [5.41, 5.74) is 1.28. The maximum Gasteiger partial charge on any atom is 0.0911 e. The number of hydrogen-bond acceptors (Lipinski definition) is 1. The Morgan fingerprint density at radius 1 is 1.50 bits per heavy atom. The predicted molar refractivity (Wildman–Crippen MR) is 43.5 cm³/mol. The molecule has 1 nitrogen and oxygen atoms in total. The maximum absolute atomic E-state index is 8.34. The van der Waals surface area contributed by atoms with Crippen LogP contribution in [-0.4, -0.2) is 0 Å². The van der Waals surface area contributed by atoms with Gasteiger partial charge >= 0.3 is 0 Å². The van der Waals surface area contributed by atoms with E-state index in [9.17, 15) is 0 Å². The molecule has 1 heteroatoms. The van der Waals surface area contributed by atoms with Crippen molar-refractivity contribution < 1.29 is 0 Å². The zero-order chi connectivity index (χ0) is 7.82. The minimum absolute atomic E-state index is 1.02. The molecule has 0 fully saturated rings. The molecule has 0 aliphatic heterocycles. The average Bonchev–Trinajstić information content (AvgIpc) is 1.98. The van der Waals surface area contributed by atoms with Crippen LogP contribution in [0.4, 0.5) is 0 Å². The largest absolute Gasteiger partial charge is 0.193 e. The van der Waals surface area contributed by atoms with Gasteiger partial charge in [-0.15, -0.1) is 0 Å². The van der Waals surface area contributed by atoms with Crippen LogP contribution < -0.4 is 0 Å². The Labute approximate surface area is 63.4 Å². The van der Waals surface area contributed by atoms with Gasteiger partial charge in [0, 0.05) is 6.08 Å². The molecule has 0 aromatic carbocycles. The van der Waals surface area contributed by atoms with E-state index in [-0.39, 0.29) is 0 Å². The zero-order valence-corrected chi connectivity index (χ0v) is 6.85. The van der Waals surface area contributed by atoms with Gasteiger partial charge in [-0.1, -0.05) is 25.8 Å². The van der Waals surface area contributed by atoms with Crippen molar-refractivity contribution in [1.82, 2.24) is 0 Å². The third kappa shape index (κ3) is 4.14. The van der Waals surface area contributed by atoms with Crippen LogP contribution in [0, 0.1) is 11.3 Å². The summed E-state index contributed by atoms with van der Waals surface area (Å²) in [4.78, 5) is 0. The second-order valence-corrected chi connectivity index (χ2v) is 2.39. The first kappa shape index (κ1) is 9.23. The second kappa shape index (κ2) is 6.35. The second-order valence-electron chi connectivity index (χ2n) is 2.39. The lowest BCUT2D eigenvalue weighted by Gasteiger charge is -1.98. The molecule has 0 aromatic rings. The molecule has 0 bridgehead atoms. The van der Waals surface area contributed by atoms with Crippen LogP contribution in [-0.2, 0) is 0 Å². The van der Waals surface area contributed by atoms with E-state index in [4.69, 9.17) is 5.26 Å². The first-order valence-corrected chi connectivity index (χ1v) is 3.92. The van der Waals surface area contributed by atoms with E-state index in [0.717, 1.165) is 12.8 Å². The molecule has 10 heavy (non-hydrogen) atoms. The van der Waals surface area contributed by atoms with Crippen LogP contribution >= 0.6 is 0 Å². The lowest BCUT2D eigenvalue weighted by molar-refractivity contribution is 0.767. The van der Waals surface area contributed by atoms with Crippen LogP contribution in [0.15, 0.2) is 11.6 Å². The summed E-state index contributed by atoms with van der Waals surface area (Å²) in [6.07, 6.45) is 6.22. The summed E-state index contributed by atoms with van der Waals surface area (Å²) in [6.45, 7) is 4.26. The molecule has 0 unspecified atom stereocenters. The lowest BCUT2D eigenvalue weighted by atomic mass is 10.1. The molecule has 0 radical (unpaired) electrons. The Kier molecular flexibility index (Phi) is 5.86. The fourth-order valence-corrected chi connectivity index (χ4v) is 0.846. The van der Waals surface area contributed by atoms with Crippen molar-refractivity contribution in [3.8, 4) is 6.07 Å². The van der Waals surface area contributed by atoms with E-state index in [1.807, 2.05) is 0 Å². The lowest BCUT2D eigenvalue weighted by Crippen LogP contribution is -1.80. The molecule has 0 aliphatic carbocycles. The summed E-state index contributed by atoms with van der Waals surface area (Å²) in [5.74, 6) is 0.